The summed E-state index contributed by atoms with van der Waals surface area (Å²) < 4.78 is 26.1. The van der Waals surface area contributed by atoms with Gasteiger partial charge < -0.3 is 10.2 Å². The van der Waals surface area contributed by atoms with Crippen LogP contribution < -0.4 is 5.32 Å². The molecule has 0 aliphatic rings. The van der Waals surface area contributed by atoms with Crippen LogP contribution in [0.15, 0.2) is 18.2 Å². The minimum Gasteiger partial charge on any atom is -0.351 e. The van der Waals surface area contributed by atoms with E-state index in [-0.39, 0.29) is 30.5 Å². The number of hydrogen-bond donors (Lipinski definition) is 1. The van der Waals surface area contributed by atoms with Crippen molar-refractivity contribution in [2.45, 2.75) is 32.7 Å². The fourth-order valence-corrected chi connectivity index (χ4v) is 1.75. The number of carbonyl (C=O) groups is 2. The van der Waals surface area contributed by atoms with Gasteiger partial charge in [-0.15, -0.1) is 0 Å². The first-order valence-electron chi connectivity index (χ1n) is 6.85. The van der Waals surface area contributed by atoms with Crippen molar-refractivity contribution in [1.82, 2.24) is 10.2 Å². The zero-order chi connectivity index (χ0) is 16.0. The molecule has 0 aliphatic heterocycles. The largest absolute Gasteiger partial charge is 0.351 e. The van der Waals surface area contributed by atoms with Gasteiger partial charge in [-0.2, -0.15) is 0 Å². The van der Waals surface area contributed by atoms with E-state index in [0.717, 1.165) is 18.6 Å². The molecule has 1 rings (SSSR count). The molecule has 0 saturated carbocycles. The maximum Gasteiger partial charge on any atom is 0.254 e. The number of carbonyl (C=O) groups excluding carboxylic acids is 2. The minimum absolute atomic E-state index is 0.0933. The summed E-state index contributed by atoms with van der Waals surface area (Å²) in [5.74, 6) is -2.42. The van der Waals surface area contributed by atoms with Crippen molar-refractivity contribution in [3.63, 3.8) is 0 Å². The van der Waals surface area contributed by atoms with E-state index >= 15 is 0 Å². The number of nitrogens with one attached hydrogen (secondary N) is 1. The Balaban J connectivity index is 2.49. The Morgan fingerprint density at radius 1 is 1.33 bits per heavy atom. The molecule has 0 aromatic heterocycles. The number of hydrogen-bond acceptors (Lipinski definition) is 2. The smallest absolute Gasteiger partial charge is 0.254 e. The van der Waals surface area contributed by atoms with Gasteiger partial charge in [0.25, 0.3) is 5.91 Å². The van der Waals surface area contributed by atoms with E-state index in [4.69, 9.17) is 0 Å². The second kappa shape index (κ2) is 7.71. The van der Waals surface area contributed by atoms with E-state index in [2.05, 4.69) is 5.32 Å². The molecule has 0 aliphatic carbocycles. The van der Waals surface area contributed by atoms with Crippen LogP contribution >= 0.6 is 0 Å². The molecule has 0 heterocycles. The van der Waals surface area contributed by atoms with Crippen molar-refractivity contribution in [3.05, 3.63) is 35.4 Å². The Labute approximate surface area is 123 Å². The predicted octanol–water partition coefficient (Wildman–Crippen LogP) is 2.34. The maximum atomic E-state index is 13.4. The molecule has 0 fully saturated rings. The summed E-state index contributed by atoms with van der Waals surface area (Å²) in [4.78, 5) is 25.2. The van der Waals surface area contributed by atoms with Crippen molar-refractivity contribution in [2.24, 2.45) is 0 Å². The number of benzene rings is 1. The number of amides is 2. The second-order valence-electron chi connectivity index (χ2n) is 4.89. The topological polar surface area (TPSA) is 49.4 Å². The molecule has 0 radical (unpaired) electrons. The van der Waals surface area contributed by atoms with Crippen molar-refractivity contribution in [3.8, 4) is 0 Å². The first kappa shape index (κ1) is 17.1. The van der Waals surface area contributed by atoms with Crippen LogP contribution in [0.4, 0.5) is 8.78 Å². The van der Waals surface area contributed by atoms with E-state index in [9.17, 15) is 18.4 Å². The van der Waals surface area contributed by atoms with Gasteiger partial charge in [-0.05, 0) is 25.5 Å². The van der Waals surface area contributed by atoms with E-state index in [1.165, 1.54) is 0 Å². The Kier molecular flexibility index (Phi) is 6.27. The van der Waals surface area contributed by atoms with Crippen LogP contribution in [0.5, 0.6) is 0 Å². The van der Waals surface area contributed by atoms with Gasteiger partial charge in [-0.1, -0.05) is 6.92 Å². The molecule has 1 unspecified atom stereocenters. The summed E-state index contributed by atoms with van der Waals surface area (Å²) in [5.41, 5.74) is -0.237. The summed E-state index contributed by atoms with van der Waals surface area (Å²) >= 11 is 0. The zero-order valence-electron chi connectivity index (χ0n) is 12.5. The van der Waals surface area contributed by atoms with Gasteiger partial charge >= 0.3 is 0 Å². The summed E-state index contributed by atoms with van der Waals surface area (Å²) in [6.45, 7) is 4.02. The van der Waals surface area contributed by atoms with Crippen molar-refractivity contribution >= 4 is 11.8 Å². The van der Waals surface area contributed by atoms with Gasteiger partial charge in [0.1, 0.15) is 11.6 Å². The Hall–Kier alpha value is -1.98. The summed E-state index contributed by atoms with van der Waals surface area (Å²) in [6.07, 6.45) is 0.977. The molecule has 116 valence electrons. The normalized spacial score (nSPS) is 11.9. The van der Waals surface area contributed by atoms with E-state index < -0.39 is 17.5 Å². The lowest BCUT2D eigenvalue weighted by Gasteiger charge is -2.23. The summed E-state index contributed by atoms with van der Waals surface area (Å²) in [7, 11) is 1.71. The van der Waals surface area contributed by atoms with Crippen LogP contribution in [0.25, 0.3) is 0 Å². The number of nitrogens with zero attached hydrogens (tertiary/aromatic N) is 1. The van der Waals surface area contributed by atoms with Gasteiger partial charge in [0, 0.05) is 32.1 Å². The van der Waals surface area contributed by atoms with Crippen LogP contribution in [0, 0.1) is 11.6 Å². The van der Waals surface area contributed by atoms with Crippen LogP contribution in [0.3, 0.4) is 0 Å². The summed E-state index contributed by atoms with van der Waals surface area (Å²) in [5, 5.41) is 2.45. The Morgan fingerprint density at radius 3 is 2.57 bits per heavy atom. The molecular weight excluding hydrogens is 278 g/mol. The lowest BCUT2D eigenvalue weighted by Crippen LogP contribution is -2.37. The summed E-state index contributed by atoms with van der Waals surface area (Å²) in [6, 6.07) is 2.87. The van der Waals surface area contributed by atoms with Gasteiger partial charge in [0.2, 0.25) is 5.91 Å². The number of rotatable bonds is 6. The van der Waals surface area contributed by atoms with Crippen molar-refractivity contribution in [1.29, 1.82) is 0 Å². The Morgan fingerprint density at radius 2 is 2.00 bits per heavy atom. The highest BCUT2D eigenvalue weighted by atomic mass is 19.1. The highest BCUT2D eigenvalue weighted by molar-refractivity contribution is 5.94. The SMILES string of the molecule is CCC(C)N(C)C(=O)CCNC(=O)c1ccc(F)cc1F. The van der Waals surface area contributed by atoms with Gasteiger partial charge in [-0.25, -0.2) is 8.78 Å². The zero-order valence-corrected chi connectivity index (χ0v) is 12.5. The monoisotopic (exact) mass is 298 g/mol. The molecule has 4 nitrogen and oxygen atoms in total. The van der Waals surface area contributed by atoms with Gasteiger partial charge in [-0.3, -0.25) is 9.59 Å². The van der Waals surface area contributed by atoms with Gasteiger partial charge in [0.05, 0.1) is 5.56 Å². The molecule has 0 bridgehead atoms. The quantitative estimate of drug-likeness (QED) is 0.876. The Bertz CT molecular complexity index is 520. The molecule has 1 aromatic rings. The predicted molar refractivity (Wildman–Crippen MR) is 75.8 cm³/mol. The third kappa shape index (κ3) is 4.81. The van der Waals surface area contributed by atoms with Gasteiger partial charge in [0.15, 0.2) is 0 Å². The number of halogens is 2. The van der Waals surface area contributed by atoms with E-state index in [0.29, 0.717) is 6.07 Å². The van der Waals surface area contributed by atoms with Crippen LogP contribution in [-0.2, 0) is 4.79 Å². The van der Waals surface area contributed by atoms with Crippen LogP contribution in [0.1, 0.15) is 37.0 Å². The molecule has 0 spiro atoms. The van der Waals surface area contributed by atoms with E-state index in [1.807, 2.05) is 13.8 Å². The molecule has 0 saturated heterocycles. The van der Waals surface area contributed by atoms with Crippen LogP contribution in [0.2, 0.25) is 0 Å². The first-order valence-corrected chi connectivity index (χ1v) is 6.85. The van der Waals surface area contributed by atoms with Crippen LogP contribution in [-0.4, -0.2) is 36.3 Å². The van der Waals surface area contributed by atoms with Crippen molar-refractivity contribution < 1.29 is 18.4 Å². The molecule has 1 atom stereocenters. The molecule has 1 N–H and O–H groups in total. The fourth-order valence-electron chi connectivity index (χ4n) is 1.75. The average molecular weight is 298 g/mol. The third-order valence-electron chi connectivity index (χ3n) is 3.45. The minimum atomic E-state index is -0.921. The first-order chi connectivity index (χ1) is 9.86. The highest BCUT2D eigenvalue weighted by Crippen LogP contribution is 2.09. The highest BCUT2D eigenvalue weighted by Gasteiger charge is 2.15. The molecule has 6 heteroatoms. The lowest BCUT2D eigenvalue weighted by atomic mass is 10.2. The van der Waals surface area contributed by atoms with E-state index in [1.54, 1.807) is 11.9 Å². The second-order valence-corrected chi connectivity index (χ2v) is 4.89. The maximum absolute atomic E-state index is 13.4. The molecule has 21 heavy (non-hydrogen) atoms. The average Bonchev–Trinajstić information content (AvgIpc) is 2.45. The molecule has 2 amide bonds. The molecule has 1 aromatic carbocycles. The standard InChI is InChI=1S/C15H20F2N2O2/c1-4-10(2)19(3)14(20)7-8-18-15(21)12-6-5-11(16)9-13(12)17/h5-6,9-10H,4,7-8H2,1-3H3,(H,18,21). The third-order valence-corrected chi connectivity index (χ3v) is 3.45. The van der Waals surface area contributed by atoms with Crippen molar-refractivity contribution in [2.75, 3.05) is 13.6 Å². The lowest BCUT2D eigenvalue weighted by molar-refractivity contribution is -0.131. The fraction of sp³-hybridized carbons (Fsp3) is 0.467. The molecular formula is C15H20F2N2O2.